The average molecular weight is 353 g/mol. The van der Waals surface area contributed by atoms with E-state index in [0.717, 1.165) is 31.6 Å². The number of alkyl halides is 3. The molecule has 0 bridgehead atoms. The van der Waals surface area contributed by atoms with Crippen molar-refractivity contribution in [3.05, 3.63) is 22.7 Å². The quantitative estimate of drug-likeness (QED) is 0.893. The van der Waals surface area contributed by atoms with E-state index in [-0.39, 0.29) is 10.2 Å². The zero-order valence-corrected chi connectivity index (χ0v) is 12.6. The molecule has 1 saturated heterocycles. The zero-order valence-electron chi connectivity index (χ0n) is 11.0. The molecule has 1 fully saturated rings. The molecule has 7 heteroatoms. The van der Waals surface area contributed by atoms with Crippen LogP contribution in [0.1, 0.15) is 12.8 Å². The van der Waals surface area contributed by atoms with Crippen LogP contribution in [0.15, 0.2) is 22.7 Å². The molecule has 1 aliphatic rings. The standard InChI is InChI=1S/C13H16BrF3N2O/c1-19-6-2-3-10(8-19)18-9-4-5-12(11(14)7-9)20-13(15,16)17/h4-5,7,10,18H,2-3,6,8H2,1H3. The molecule has 0 amide bonds. The van der Waals surface area contributed by atoms with Gasteiger partial charge in [0, 0.05) is 18.3 Å². The maximum atomic E-state index is 12.2. The van der Waals surface area contributed by atoms with Crippen LogP contribution in [-0.4, -0.2) is 37.4 Å². The van der Waals surface area contributed by atoms with Gasteiger partial charge in [-0.15, -0.1) is 13.2 Å². The van der Waals surface area contributed by atoms with Crippen LogP contribution in [0.25, 0.3) is 0 Å². The number of halogens is 4. The summed E-state index contributed by atoms with van der Waals surface area (Å²) in [6.07, 6.45) is -2.50. The number of nitrogens with one attached hydrogen (secondary N) is 1. The van der Waals surface area contributed by atoms with E-state index < -0.39 is 6.36 Å². The van der Waals surface area contributed by atoms with Crippen molar-refractivity contribution >= 4 is 21.6 Å². The van der Waals surface area contributed by atoms with Gasteiger partial charge in [-0.3, -0.25) is 0 Å². The number of ether oxygens (including phenoxy) is 1. The Balaban J connectivity index is 2.01. The molecule has 1 aromatic rings. The van der Waals surface area contributed by atoms with Crippen molar-refractivity contribution in [1.29, 1.82) is 0 Å². The highest BCUT2D eigenvalue weighted by Crippen LogP contribution is 2.32. The van der Waals surface area contributed by atoms with Crippen LogP contribution >= 0.6 is 15.9 Å². The van der Waals surface area contributed by atoms with Crippen LogP contribution in [0.2, 0.25) is 0 Å². The van der Waals surface area contributed by atoms with Crippen LogP contribution in [-0.2, 0) is 0 Å². The first-order valence-corrected chi connectivity index (χ1v) is 7.13. The third kappa shape index (κ3) is 4.56. The van der Waals surface area contributed by atoms with E-state index in [9.17, 15) is 13.2 Å². The van der Waals surface area contributed by atoms with E-state index in [1.54, 1.807) is 12.1 Å². The lowest BCUT2D eigenvalue weighted by Gasteiger charge is -2.31. The van der Waals surface area contributed by atoms with Crippen molar-refractivity contribution in [2.75, 3.05) is 25.5 Å². The Hall–Kier alpha value is -0.950. The second-order valence-electron chi connectivity index (χ2n) is 4.94. The second-order valence-corrected chi connectivity index (χ2v) is 5.79. The van der Waals surface area contributed by atoms with Gasteiger partial charge < -0.3 is 15.0 Å². The second kappa shape index (κ2) is 6.22. The zero-order chi connectivity index (χ0) is 14.8. The summed E-state index contributed by atoms with van der Waals surface area (Å²) in [6, 6.07) is 4.83. The van der Waals surface area contributed by atoms with Crippen LogP contribution in [0, 0.1) is 0 Å². The fourth-order valence-electron chi connectivity index (χ4n) is 2.32. The van der Waals surface area contributed by atoms with Gasteiger partial charge in [0.25, 0.3) is 0 Å². The van der Waals surface area contributed by atoms with E-state index in [4.69, 9.17) is 0 Å². The van der Waals surface area contributed by atoms with E-state index in [0.29, 0.717) is 6.04 Å². The SMILES string of the molecule is CN1CCCC(Nc2ccc(OC(F)(F)F)c(Br)c2)C1. The van der Waals surface area contributed by atoms with Gasteiger partial charge in [0.1, 0.15) is 5.75 Å². The highest BCUT2D eigenvalue weighted by Gasteiger charge is 2.32. The number of benzene rings is 1. The number of anilines is 1. The molecule has 0 radical (unpaired) electrons. The molecule has 20 heavy (non-hydrogen) atoms. The number of likely N-dealkylation sites (N-methyl/N-ethyl adjacent to an activating group) is 1. The van der Waals surface area contributed by atoms with Gasteiger partial charge in [-0.2, -0.15) is 0 Å². The Bertz CT molecular complexity index is 467. The molecule has 1 N–H and O–H groups in total. The Morgan fingerprint density at radius 1 is 1.40 bits per heavy atom. The first-order chi connectivity index (χ1) is 9.33. The van der Waals surface area contributed by atoms with Crippen LogP contribution in [0.3, 0.4) is 0 Å². The summed E-state index contributed by atoms with van der Waals surface area (Å²) in [5.41, 5.74) is 0.784. The van der Waals surface area contributed by atoms with Gasteiger partial charge in [0.2, 0.25) is 0 Å². The normalized spacial score (nSPS) is 20.8. The van der Waals surface area contributed by atoms with Crippen molar-refractivity contribution in [2.24, 2.45) is 0 Å². The molecule has 1 heterocycles. The molecular formula is C13H16BrF3N2O. The summed E-state index contributed by atoms with van der Waals surface area (Å²) < 4.78 is 40.7. The summed E-state index contributed by atoms with van der Waals surface area (Å²) in [4.78, 5) is 2.23. The number of nitrogens with zero attached hydrogens (tertiary/aromatic N) is 1. The highest BCUT2D eigenvalue weighted by molar-refractivity contribution is 9.10. The smallest absolute Gasteiger partial charge is 0.405 e. The van der Waals surface area contributed by atoms with E-state index in [1.165, 1.54) is 6.07 Å². The molecular weight excluding hydrogens is 337 g/mol. The van der Waals surface area contributed by atoms with Crippen LogP contribution < -0.4 is 10.1 Å². The summed E-state index contributed by atoms with van der Waals surface area (Å²) in [5, 5.41) is 3.33. The van der Waals surface area contributed by atoms with Crippen molar-refractivity contribution in [3.8, 4) is 5.75 Å². The Morgan fingerprint density at radius 3 is 2.75 bits per heavy atom. The van der Waals surface area contributed by atoms with E-state index >= 15 is 0 Å². The van der Waals surface area contributed by atoms with Gasteiger partial charge >= 0.3 is 6.36 Å². The molecule has 0 aliphatic carbocycles. The summed E-state index contributed by atoms with van der Waals surface area (Å²) in [6.45, 7) is 2.01. The van der Waals surface area contributed by atoms with Crippen molar-refractivity contribution in [1.82, 2.24) is 4.90 Å². The molecule has 0 aromatic heterocycles. The Labute approximate surface area is 124 Å². The van der Waals surface area contributed by atoms with Crippen LogP contribution in [0.5, 0.6) is 5.75 Å². The lowest BCUT2D eigenvalue weighted by atomic mass is 10.1. The van der Waals surface area contributed by atoms with Gasteiger partial charge in [-0.25, -0.2) is 0 Å². The minimum atomic E-state index is -4.68. The lowest BCUT2D eigenvalue weighted by molar-refractivity contribution is -0.274. The summed E-state index contributed by atoms with van der Waals surface area (Å²) in [7, 11) is 2.06. The number of piperidine rings is 1. The van der Waals surface area contributed by atoms with Gasteiger partial charge in [0.05, 0.1) is 4.47 Å². The Kier molecular flexibility index (Phi) is 4.80. The molecule has 1 aliphatic heterocycles. The average Bonchev–Trinajstić information content (AvgIpc) is 2.31. The molecule has 0 spiro atoms. The highest BCUT2D eigenvalue weighted by atomic mass is 79.9. The van der Waals surface area contributed by atoms with E-state index in [1.807, 2.05) is 0 Å². The minimum absolute atomic E-state index is 0.233. The lowest BCUT2D eigenvalue weighted by Crippen LogP contribution is -2.39. The molecule has 0 saturated carbocycles. The first kappa shape index (κ1) is 15.4. The predicted octanol–water partition coefficient (Wildman–Crippen LogP) is 3.85. The molecule has 112 valence electrons. The number of rotatable bonds is 3. The molecule has 2 rings (SSSR count). The molecule has 1 aromatic carbocycles. The summed E-state index contributed by atoms with van der Waals surface area (Å²) in [5.74, 6) is -0.233. The largest absolute Gasteiger partial charge is 0.573 e. The van der Waals surface area contributed by atoms with Gasteiger partial charge in [-0.1, -0.05) is 0 Å². The Morgan fingerprint density at radius 2 is 2.15 bits per heavy atom. The number of likely N-dealkylation sites (tertiary alicyclic amines) is 1. The minimum Gasteiger partial charge on any atom is -0.405 e. The fraction of sp³-hybridized carbons (Fsp3) is 0.538. The predicted molar refractivity (Wildman–Crippen MR) is 75.0 cm³/mol. The number of hydrogen-bond acceptors (Lipinski definition) is 3. The first-order valence-electron chi connectivity index (χ1n) is 6.34. The third-order valence-corrected chi connectivity index (χ3v) is 3.77. The van der Waals surface area contributed by atoms with Gasteiger partial charge in [-0.05, 0) is 60.6 Å². The third-order valence-electron chi connectivity index (χ3n) is 3.15. The number of hydrogen-bond donors (Lipinski definition) is 1. The molecule has 3 nitrogen and oxygen atoms in total. The molecule has 1 atom stereocenters. The van der Waals surface area contributed by atoms with Crippen molar-refractivity contribution in [2.45, 2.75) is 25.2 Å². The van der Waals surface area contributed by atoms with Crippen LogP contribution in [0.4, 0.5) is 18.9 Å². The topological polar surface area (TPSA) is 24.5 Å². The fourth-order valence-corrected chi connectivity index (χ4v) is 2.78. The van der Waals surface area contributed by atoms with Gasteiger partial charge in [0.15, 0.2) is 0 Å². The maximum Gasteiger partial charge on any atom is 0.573 e. The monoisotopic (exact) mass is 352 g/mol. The molecule has 1 unspecified atom stereocenters. The summed E-state index contributed by atoms with van der Waals surface area (Å²) >= 11 is 3.10. The van der Waals surface area contributed by atoms with E-state index in [2.05, 4.69) is 37.9 Å². The van der Waals surface area contributed by atoms with Crippen molar-refractivity contribution < 1.29 is 17.9 Å². The maximum absolute atomic E-state index is 12.2. The van der Waals surface area contributed by atoms with Crippen molar-refractivity contribution in [3.63, 3.8) is 0 Å².